The maximum atomic E-state index is 11.4. The lowest BCUT2D eigenvalue weighted by Gasteiger charge is -2.47. The van der Waals surface area contributed by atoms with Gasteiger partial charge in [0.05, 0.1) is 5.38 Å². The minimum atomic E-state index is -1.10. The van der Waals surface area contributed by atoms with Crippen LogP contribution in [0.25, 0.3) is 0 Å². The van der Waals surface area contributed by atoms with Gasteiger partial charge in [-0.25, -0.2) is 4.79 Å². The number of rotatable bonds is 4. The molecule has 2 aliphatic heterocycles. The summed E-state index contributed by atoms with van der Waals surface area (Å²) in [6, 6.07) is 19.6. The molecule has 0 aromatic heterocycles. The molecule has 2 aliphatic rings. The molecule has 29 heavy (non-hydrogen) atoms. The van der Waals surface area contributed by atoms with Crippen LogP contribution in [0.5, 0.6) is 0 Å². The van der Waals surface area contributed by atoms with Gasteiger partial charge in [0.15, 0.2) is 0 Å². The van der Waals surface area contributed by atoms with Crippen LogP contribution in [-0.2, 0) is 9.59 Å². The van der Waals surface area contributed by atoms with Crippen molar-refractivity contribution in [2.24, 2.45) is 5.73 Å². The molecule has 0 aliphatic carbocycles. The van der Waals surface area contributed by atoms with Gasteiger partial charge in [-0.3, -0.25) is 9.69 Å². The Morgan fingerprint density at radius 2 is 1.69 bits per heavy atom. The predicted molar refractivity (Wildman–Crippen MR) is 117 cm³/mol. The Labute approximate surface area is 178 Å². The van der Waals surface area contributed by atoms with Gasteiger partial charge in [0, 0.05) is 5.75 Å². The van der Waals surface area contributed by atoms with Crippen LogP contribution in [-0.4, -0.2) is 39.1 Å². The zero-order valence-electron chi connectivity index (χ0n) is 15.6. The highest BCUT2D eigenvalue weighted by Crippen LogP contribution is 2.39. The van der Waals surface area contributed by atoms with E-state index in [1.165, 1.54) is 22.7 Å². The SMILES string of the molecule is C=CC1=C(C(=O)O)N2C(=O)C(N)[C@H]2SC1.ClC(c1ccccc1)c1ccccc1. The average molecular weight is 429 g/mol. The summed E-state index contributed by atoms with van der Waals surface area (Å²) >= 11 is 7.80. The zero-order valence-corrected chi connectivity index (χ0v) is 17.1. The number of nitrogens with two attached hydrogens (primary N) is 1. The molecule has 150 valence electrons. The van der Waals surface area contributed by atoms with Gasteiger partial charge in [0.2, 0.25) is 5.91 Å². The van der Waals surface area contributed by atoms with Crippen molar-refractivity contribution in [2.75, 3.05) is 5.75 Å². The van der Waals surface area contributed by atoms with E-state index in [0.29, 0.717) is 11.3 Å². The van der Waals surface area contributed by atoms with E-state index in [2.05, 4.69) is 6.58 Å². The molecule has 2 heterocycles. The number of carbonyl (C=O) groups is 2. The number of carboxylic acids is 1. The Hall–Kier alpha value is -2.54. The van der Waals surface area contributed by atoms with E-state index in [-0.39, 0.29) is 22.4 Å². The normalized spacial score (nSPS) is 20.4. The number of nitrogens with zero attached hydrogens (tertiary/aromatic N) is 1. The number of halogens is 1. The lowest BCUT2D eigenvalue weighted by Crippen LogP contribution is -2.68. The molecule has 0 spiro atoms. The fourth-order valence-electron chi connectivity index (χ4n) is 3.13. The molecule has 1 fully saturated rings. The average Bonchev–Trinajstić information content (AvgIpc) is 2.78. The topological polar surface area (TPSA) is 83.6 Å². The molecule has 2 atom stereocenters. The quantitative estimate of drug-likeness (QED) is 0.572. The van der Waals surface area contributed by atoms with Crippen molar-refractivity contribution in [1.82, 2.24) is 4.90 Å². The highest BCUT2D eigenvalue weighted by molar-refractivity contribution is 8.00. The van der Waals surface area contributed by atoms with Crippen LogP contribution in [0.3, 0.4) is 0 Å². The van der Waals surface area contributed by atoms with Crippen molar-refractivity contribution in [1.29, 1.82) is 0 Å². The van der Waals surface area contributed by atoms with Crippen LogP contribution in [0.4, 0.5) is 0 Å². The predicted octanol–water partition coefficient (Wildman–Crippen LogP) is 3.77. The van der Waals surface area contributed by atoms with Crippen LogP contribution < -0.4 is 5.73 Å². The van der Waals surface area contributed by atoms with E-state index in [1.807, 2.05) is 60.7 Å². The van der Waals surface area contributed by atoms with Crippen LogP contribution in [0, 0.1) is 0 Å². The number of aliphatic carboxylic acids is 1. The lowest BCUT2D eigenvalue weighted by atomic mass is 10.0. The number of amides is 1. The van der Waals surface area contributed by atoms with Crippen LogP contribution in [0.2, 0.25) is 0 Å². The van der Waals surface area contributed by atoms with Gasteiger partial charge in [0.25, 0.3) is 0 Å². The Morgan fingerprint density at radius 3 is 2.14 bits per heavy atom. The number of benzene rings is 2. The standard InChI is InChI=1S/C13H11Cl.C9H10N2O3S/c14-13(11-7-3-1-4-8-11)12-9-5-2-6-10-12;1-2-4-3-15-8-5(10)7(12)11(8)6(4)9(13)14/h1-10,13H;2,5,8H,1,3,10H2,(H,13,14)/t;5?,8-/m.1/s1. The van der Waals surface area contributed by atoms with Gasteiger partial charge in [-0.15, -0.1) is 23.4 Å². The lowest BCUT2D eigenvalue weighted by molar-refractivity contribution is -0.147. The number of allylic oxidation sites excluding steroid dienone is 1. The summed E-state index contributed by atoms with van der Waals surface area (Å²) in [5.74, 6) is -0.896. The summed E-state index contributed by atoms with van der Waals surface area (Å²) in [4.78, 5) is 23.7. The summed E-state index contributed by atoms with van der Waals surface area (Å²) < 4.78 is 0. The van der Waals surface area contributed by atoms with Gasteiger partial charge < -0.3 is 10.8 Å². The Balaban J connectivity index is 0.000000166. The van der Waals surface area contributed by atoms with Crippen molar-refractivity contribution in [2.45, 2.75) is 16.8 Å². The highest BCUT2D eigenvalue weighted by Gasteiger charge is 2.51. The number of thioether (sulfide) groups is 1. The molecule has 0 bridgehead atoms. The monoisotopic (exact) mass is 428 g/mol. The fourth-order valence-corrected chi connectivity index (χ4v) is 4.71. The molecule has 1 unspecified atom stereocenters. The molecule has 5 nitrogen and oxygen atoms in total. The maximum Gasteiger partial charge on any atom is 0.352 e. The molecule has 2 aromatic rings. The molecular formula is C22H21ClN2O3S. The third kappa shape index (κ3) is 4.40. The summed E-state index contributed by atoms with van der Waals surface area (Å²) in [6.07, 6.45) is 1.48. The Kier molecular flexibility index (Phi) is 6.79. The van der Waals surface area contributed by atoms with Gasteiger partial charge in [0.1, 0.15) is 17.1 Å². The first-order valence-electron chi connectivity index (χ1n) is 8.98. The van der Waals surface area contributed by atoms with E-state index in [0.717, 1.165) is 11.1 Å². The molecule has 4 rings (SSSR count). The molecule has 1 amide bonds. The molecule has 0 radical (unpaired) electrons. The second-order valence-corrected chi connectivity index (χ2v) is 8.04. The van der Waals surface area contributed by atoms with Gasteiger partial charge >= 0.3 is 5.97 Å². The highest BCUT2D eigenvalue weighted by atomic mass is 35.5. The number of alkyl halides is 1. The molecule has 0 saturated carbocycles. The first kappa shape index (κ1) is 21.2. The Bertz CT molecular complexity index is 894. The number of carbonyl (C=O) groups excluding carboxylic acids is 1. The van der Waals surface area contributed by atoms with Crippen molar-refractivity contribution in [3.63, 3.8) is 0 Å². The Morgan fingerprint density at radius 1 is 1.17 bits per heavy atom. The molecular weight excluding hydrogens is 408 g/mol. The summed E-state index contributed by atoms with van der Waals surface area (Å²) in [5.41, 5.74) is 8.45. The van der Waals surface area contributed by atoms with Crippen molar-refractivity contribution >= 4 is 35.2 Å². The van der Waals surface area contributed by atoms with E-state index >= 15 is 0 Å². The van der Waals surface area contributed by atoms with Gasteiger partial charge in [-0.05, 0) is 16.7 Å². The van der Waals surface area contributed by atoms with Crippen molar-refractivity contribution in [3.8, 4) is 0 Å². The summed E-state index contributed by atoms with van der Waals surface area (Å²) in [7, 11) is 0. The third-order valence-corrected chi connectivity index (χ3v) is 6.50. The second kappa shape index (κ2) is 9.31. The van der Waals surface area contributed by atoms with E-state index < -0.39 is 12.0 Å². The summed E-state index contributed by atoms with van der Waals surface area (Å²) in [5, 5.41) is 8.74. The smallest absolute Gasteiger partial charge is 0.352 e. The maximum absolute atomic E-state index is 11.4. The van der Waals surface area contributed by atoms with E-state index in [4.69, 9.17) is 22.4 Å². The van der Waals surface area contributed by atoms with Crippen LogP contribution in [0.1, 0.15) is 16.5 Å². The number of hydrogen-bond donors (Lipinski definition) is 2. The minimum absolute atomic E-state index is 0.0282. The molecule has 3 N–H and O–H groups in total. The largest absolute Gasteiger partial charge is 0.477 e. The minimum Gasteiger partial charge on any atom is -0.477 e. The van der Waals surface area contributed by atoms with E-state index in [9.17, 15) is 9.59 Å². The van der Waals surface area contributed by atoms with E-state index in [1.54, 1.807) is 0 Å². The second-order valence-electron chi connectivity index (χ2n) is 6.50. The zero-order chi connectivity index (χ0) is 21.0. The van der Waals surface area contributed by atoms with Gasteiger partial charge in [-0.1, -0.05) is 73.3 Å². The van der Waals surface area contributed by atoms with Crippen molar-refractivity contribution in [3.05, 3.63) is 95.7 Å². The van der Waals surface area contributed by atoms with Crippen LogP contribution >= 0.6 is 23.4 Å². The van der Waals surface area contributed by atoms with Gasteiger partial charge in [-0.2, -0.15) is 0 Å². The number of carboxylic acid groups (broad SMARTS) is 1. The number of fused-ring (bicyclic) bond motifs is 1. The molecule has 2 aromatic carbocycles. The fraction of sp³-hybridized carbons (Fsp3) is 0.182. The number of β-lactam (4-membered cyclic amide) rings is 1. The summed E-state index contributed by atoms with van der Waals surface area (Å²) in [6.45, 7) is 3.54. The molecule has 7 heteroatoms. The third-order valence-electron chi connectivity index (χ3n) is 4.67. The number of hydrogen-bond acceptors (Lipinski definition) is 4. The first-order valence-corrected chi connectivity index (χ1v) is 10.5. The molecule has 1 saturated heterocycles. The van der Waals surface area contributed by atoms with Crippen LogP contribution in [0.15, 0.2) is 84.6 Å². The first-order chi connectivity index (χ1) is 14.0. The van der Waals surface area contributed by atoms with Crippen molar-refractivity contribution < 1.29 is 14.7 Å².